The van der Waals surface area contributed by atoms with E-state index >= 15 is 4.39 Å². The summed E-state index contributed by atoms with van der Waals surface area (Å²) >= 11 is 0. The Balaban J connectivity index is 1.68. The molecule has 0 saturated carbocycles. The zero-order valence-electron chi connectivity index (χ0n) is 22.9. The molecule has 5 nitrogen and oxygen atoms in total. The van der Waals surface area contributed by atoms with Crippen molar-refractivity contribution in [2.24, 2.45) is 5.92 Å². The number of alkyl halides is 1. The van der Waals surface area contributed by atoms with Crippen LogP contribution in [0.25, 0.3) is 11.1 Å². The lowest BCUT2D eigenvalue weighted by Crippen LogP contribution is -2.12. The normalized spacial score (nSPS) is 15.0. The minimum atomic E-state index is -1.23. The number of allylic oxidation sites excluding steroid dienone is 6. The Bertz CT molecular complexity index is 1210. The number of ether oxygens (including phenoxy) is 2. The van der Waals surface area contributed by atoms with E-state index in [-0.39, 0.29) is 32.3 Å². The molecular weight excluding hydrogens is 495 g/mol. The molecule has 1 aliphatic carbocycles. The second-order valence-corrected chi connectivity index (χ2v) is 9.76. The molecule has 39 heavy (non-hydrogen) atoms. The van der Waals surface area contributed by atoms with Crippen LogP contribution in [0.4, 0.5) is 4.39 Å². The Hall–Kier alpha value is -3.48. The second kappa shape index (κ2) is 15.2. The summed E-state index contributed by atoms with van der Waals surface area (Å²) in [6.07, 6.45) is 9.25. The quantitative estimate of drug-likeness (QED) is 0.175. The largest absolute Gasteiger partial charge is 0.490 e. The van der Waals surface area contributed by atoms with Crippen LogP contribution in [0.1, 0.15) is 48.9 Å². The summed E-state index contributed by atoms with van der Waals surface area (Å²) < 4.78 is 26.0. The molecule has 0 amide bonds. The average molecular weight is 535 g/mol. The number of esters is 1. The van der Waals surface area contributed by atoms with Crippen LogP contribution in [0.15, 0.2) is 78.9 Å². The molecule has 0 aliphatic heterocycles. The fraction of sp³-hybridized carbons (Fsp3) is 0.364. The van der Waals surface area contributed by atoms with Crippen molar-refractivity contribution in [2.75, 3.05) is 26.4 Å². The molecule has 2 aromatic carbocycles. The zero-order chi connectivity index (χ0) is 28.2. The van der Waals surface area contributed by atoms with E-state index in [1.165, 1.54) is 5.56 Å². The van der Waals surface area contributed by atoms with Crippen molar-refractivity contribution in [3.05, 3.63) is 101 Å². The molecule has 6 heteroatoms. The lowest BCUT2D eigenvalue weighted by atomic mass is 9.91. The van der Waals surface area contributed by atoms with Crippen molar-refractivity contribution < 1.29 is 28.9 Å². The number of hydrogen-bond donors (Lipinski definition) is 2. The van der Waals surface area contributed by atoms with Crippen LogP contribution in [0, 0.1) is 5.92 Å². The molecule has 0 radical (unpaired) electrons. The summed E-state index contributed by atoms with van der Waals surface area (Å²) in [6.45, 7) is 7.59. The van der Waals surface area contributed by atoms with Gasteiger partial charge in [-0.15, -0.1) is 0 Å². The molecular formula is C33H39FO5. The van der Waals surface area contributed by atoms with Gasteiger partial charge in [0.05, 0.1) is 0 Å². The third-order valence-corrected chi connectivity index (χ3v) is 6.76. The van der Waals surface area contributed by atoms with Crippen molar-refractivity contribution in [3.8, 4) is 5.75 Å². The summed E-state index contributed by atoms with van der Waals surface area (Å²) in [5.41, 5.74) is 6.01. The van der Waals surface area contributed by atoms with Crippen LogP contribution in [-0.2, 0) is 22.4 Å². The fourth-order valence-corrected chi connectivity index (χ4v) is 4.42. The van der Waals surface area contributed by atoms with Gasteiger partial charge in [-0.2, -0.15) is 0 Å². The lowest BCUT2D eigenvalue weighted by Gasteiger charge is -2.15. The maximum absolute atomic E-state index is 15.3. The summed E-state index contributed by atoms with van der Waals surface area (Å²) in [4.78, 5) is 11.4. The molecule has 0 aromatic heterocycles. The number of carbonyl (C=O) groups is 1. The van der Waals surface area contributed by atoms with Crippen LogP contribution in [0.3, 0.4) is 0 Å². The van der Waals surface area contributed by atoms with Crippen LogP contribution in [-0.4, -0.2) is 48.8 Å². The van der Waals surface area contributed by atoms with Crippen molar-refractivity contribution in [3.63, 3.8) is 0 Å². The molecule has 2 aromatic rings. The molecule has 0 bridgehead atoms. The summed E-state index contributed by atoms with van der Waals surface area (Å²) in [5, 5.41) is 18.5. The number of hydrogen-bond acceptors (Lipinski definition) is 5. The molecule has 1 aliphatic rings. The minimum absolute atomic E-state index is 0.00256. The maximum Gasteiger partial charge on any atom is 0.333 e. The van der Waals surface area contributed by atoms with Gasteiger partial charge in [-0.1, -0.05) is 62.1 Å². The highest BCUT2D eigenvalue weighted by molar-refractivity contribution is 5.87. The Morgan fingerprint density at radius 1 is 1.08 bits per heavy atom. The molecule has 1 unspecified atom stereocenters. The Labute approximate surface area is 231 Å². The summed E-state index contributed by atoms with van der Waals surface area (Å²) in [5.74, 6) is 0.139. The third-order valence-electron chi connectivity index (χ3n) is 6.76. The van der Waals surface area contributed by atoms with Crippen molar-refractivity contribution >= 4 is 17.1 Å². The Morgan fingerprint density at radius 2 is 1.82 bits per heavy atom. The van der Waals surface area contributed by atoms with Gasteiger partial charge in [0.2, 0.25) is 0 Å². The van der Waals surface area contributed by atoms with E-state index in [4.69, 9.17) is 9.47 Å². The van der Waals surface area contributed by atoms with Gasteiger partial charge >= 0.3 is 5.97 Å². The Morgan fingerprint density at radius 3 is 2.49 bits per heavy atom. The maximum atomic E-state index is 15.3. The van der Waals surface area contributed by atoms with Gasteiger partial charge < -0.3 is 19.7 Å². The molecule has 0 fully saturated rings. The van der Waals surface area contributed by atoms with Crippen LogP contribution < -0.4 is 4.74 Å². The number of aliphatic hydroxyl groups excluding tert-OH is 2. The number of benzene rings is 2. The predicted octanol–water partition coefficient (Wildman–Crippen LogP) is 6.05. The molecule has 0 heterocycles. The van der Waals surface area contributed by atoms with Gasteiger partial charge in [0.25, 0.3) is 0 Å². The number of halogens is 1. The first-order valence-corrected chi connectivity index (χ1v) is 13.5. The zero-order valence-corrected chi connectivity index (χ0v) is 22.9. The number of aliphatic hydroxyl groups is 2. The monoisotopic (exact) mass is 534 g/mol. The molecule has 2 N–H and O–H groups in total. The van der Waals surface area contributed by atoms with Gasteiger partial charge in [0, 0.05) is 24.7 Å². The minimum Gasteiger partial charge on any atom is -0.490 e. The molecule has 1 atom stereocenters. The van der Waals surface area contributed by atoms with E-state index in [1.54, 1.807) is 19.1 Å². The van der Waals surface area contributed by atoms with E-state index in [9.17, 15) is 15.0 Å². The molecule has 0 saturated heterocycles. The number of aryl methyl sites for hydroxylation is 2. The highest BCUT2D eigenvalue weighted by Crippen LogP contribution is 2.31. The van der Waals surface area contributed by atoms with E-state index < -0.39 is 12.1 Å². The van der Waals surface area contributed by atoms with Gasteiger partial charge in [-0.3, -0.25) is 0 Å². The fourth-order valence-electron chi connectivity index (χ4n) is 4.42. The van der Waals surface area contributed by atoms with Crippen molar-refractivity contribution in [2.45, 2.75) is 45.7 Å². The van der Waals surface area contributed by atoms with E-state index in [0.717, 1.165) is 47.9 Å². The van der Waals surface area contributed by atoms with Gasteiger partial charge in [0.15, 0.2) is 0 Å². The third kappa shape index (κ3) is 8.77. The standard InChI is InChI=1S/C33H39FO5/c1-4-26-20-24(6-5-7-25(21-35)22-36)8-15-30(26)31-16-11-28(12-17-32(31)34)27-9-13-29(14-10-27)38-18-19-39-33(37)23(2)3/h8-17,20,25,32,35-36H,2,4-7,18-19,21-22H2,1,3H3. The van der Waals surface area contributed by atoms with Gasteiger partial charge in [0.1, 0.15) is 25.1 Å². The van der Waals surface area contributed by atoms with Crippen LogP contribution >= 0.6 is 0 Å². The van der Waals surface area contributed by atoms with E-state index in [2.05, 4.69) is 19.6 Å². The van der Waals surface area contributed by atoms with Crippen LogP contribution in [0.2, 0.25) is 0 Å². The highest BCUT2D eigenvalue weighted by Gasteiger charge is 2.17. The number of rotatable bonds is 14. The first-order valence-electron chi connectivity index (χ1n) is 13.5. The second-order valence-electron chi connectivity index (χ2n) is 9.76. The molecule has 0 spiro atoms. The van der Waals surface area contributed by atoms with Crippen LogP contribution in [0.5, 0.6) is 5.75 Å². The summed E-state index contributed by atoms with van der Waals surface area (Å²) in [6, 6.07) is 13.7. The molecule has 3 rings (SSSR count). The van der Waals surface area contributed by atoms with Gasteiger partial charge in [-0.25, -0.2) is 9.18 Å². The Kier molecular flexibility index (Phi) is 11.7. The number of carbonyl (C=O) groups excluding carboxylic acids is 1. The van der Waals surface area contributed by atoms with Gasteiger partial charge in [-0.05, 0) is 84.2 Å². The predicted molar refractivity (Wildman–Crippen MR) is 154 cm³/mol. The first kappa shape index (κ1) is 30.1. The average Bonchev–Trinajstić information content (AvgIpc) is 3.14. The van der Waals surface area contributed by atoms with Crippen molar-refractivity contribution in [1.82, 2.24) is 0 Å². The van der Waals surface area contributed by atoms with E-state index in [1.807, 2.05) is 48.6 Å². The van der Waals surface area contributed by atoms with E-state index in [0.29, 0.717) is 16.9 Å². The first-order chi connectivity index (χ1) is 18.9. The topological polar surface area (TPSA) is 76.0 Å². The van der Waals surface area contributed by atoms with Crippen molar-refractivity contribution in [1.29, 1.82) is 0 Å². The highest BCUT2D eigenvalue weighted by atomic mass is 19.1. The summed E-state index contributed by atoms with van der Waals surface area (Å²) in [7, 11) is 0. The smallest absolute Gasteiger partial charge is 0.333 e. The molecule has 208 valence electrons. The lowest BCUT2D eigenvalue weighted by molar-refractivity contribution is -0.139. The SMILES string of the molecule is C=C(C)C(=O)OCCOc1ccc(C2=CC=C(c3ccc(CCCC(CO)CO)cc3CC)C(F)C=C2)cc1.